The second-order valence-corrected chi connectivity index (χ2v) is 6.69. The molecule has 1 aromatic carbocycles. The Kier molecular flexibility index (Phi) is 4.99. The third-order valence-corrected chi connectivity index (χ3v) is 4.89. The number of rotatable bonds is 5. The van der Waals surface area contributed by atoms with Crippen LogP contribution in [0.4, 0.5) is 4.39 Å². The van der Waals surface area contributed by atoms with Crippen molar-refractivity contribution >= 4 is 17.5 Å². The maximum Gasteiger partial charge on any atom is 0.236 e. The lowest BCUT2D eigenvalue weighted by Crippen LogP contribution is -2.43. The largest absolute Gasteiger partial charge is 0.342 e. The fourth-order valence-corrected chi connectivity index (χ4v) is 3.28. The predicted octanol–water partition coefficient (Wildman–Crippen LogP) is 3.46. The van der Waals surface area contributed by atoms with Crippen molar-refractivity contribution in [1.29, 1.82) is 0 Å². The molecule has 22 heavy (non-hydrogen) atoms. The summed E-state index contributed by atoms with van der Waals surface area (Å²) in [6, 6.07) is 5.14. The molecule has 1 saturated carbocycles. The van der Waals surface area contributed by atoms with Gasteiger partial charge in [0.15, 0.2) is 0 Å². The van der Waals surface area contributed by atoms with Crippen LogP contribution in [-0.2, 0) is 11.3 Å². The van der Waals surface area contributed by atoms with E-state index in [4.69, 9.17) is 11.6 Å². The number of hydrogen-bond donors (Lipinski definition) is 0. The number of likely N-dealkylation sites (tertiary alicyclic amines) is 1. The Balaban J connectivity index is 1.66. The molecule has 0 unspecified atom stereocenters. The van der Waals surface area contributed by atoms with Gasteiger partial charge in [-0.1, -0.05) is 17.7 Å². The second kappa shape index (κ2) is 6.97. The molecular formula is C17H22ClFN2O. The summed E-state index contributed by atoms with van der Waals surface area (Å²) in [4.78, 5) is 16.5. The minimum atomic E-state index is -0.288. The molecule has 2 fully saturated rings. The van der Waals surface area contributed by atoms with Crippen LogP contribution in [0.15, 0.2) is 18.2 Å². The topological polar surface area (TPSA) is 23.6 Å². The molecule has 1 saturated heterocycles. The molecule has 1 aliphatic heterocycles. The van der Waals surface area contributed by atoms with Gasteiger partial charge in [0.25, 0.3) is 0 Å². The molecule has 1 amide bonds. The fraction of sp³-hybridized carbons (Fsp3) is 0.588. The van der Waals surface area contributed by atoms with Crippen molar-refractivity contribution in [3.05, 3.63) is 34.6 Å². The average molecular weight is 325 g/mol. The number of hydrogen-bond acceptors (Lipinski definition) is 2. The minimum absolute atomic E-state index is 0.166. The van der Waals surface area contributed by atoms with Crippen molar-refractivity contribution in [1.82, 2.24) is 9.80 Å². The van der Waals surface area contributed by atoms with Crippen LogP contribution in [-0.4, -0.2) is 41.4 Å². The summed E-state index contributed by atoms with van der Waals surface area (Å²) >= 11 is 6.12. The predicted molar refractivity (Wildman–Crippen MR) is 85.3 cm³/mol. The van der Waals surface area contributed by atoms with Crippen LogP contribution < -0.4 is 0 Å². The van der Waals surface area contributed by atoms with Gasteiger partial charge in [-0.05, 0) is 44.2 Å². The first-order valence-electron chi connectivity index (χ1n) is 8.10. The van der Waals surface area contributed by atoms with E-state index in [2.05, 4.69) is 4.90 Å². The molecule has 0 spiro atoms. The molecule has 0 atom stereocenters. The summed E-state index contributed by atoms with van der Waals surface area (Å²) in [6.07, 6.45) is 5.56. The molecule has 0 aromatic heterocycles. The fourth-order valence-electron chi connectivity index (χ4n) is 3.06. The van der Waals surface area contributed by atoms with Gasteiger partial charge >= 0.3 is 0 Å². The Morgan fingerprint density at radius 2 is 2.00 bits per heavy atom. The van der Waals surface area contributed by atoms with Crippen LogP contribution in [0.25, 0.3) is 0 Å². The lowest BCUT2D eigenvalue weighted by Gasteiger charge is -2.30. The number of benzene rings is 1. The lowest BCUT2D eigenvalue weighted by atomic mass is 10.1. The zero-order valence-corrected chi connectivity index (χ0v) is 13.5. The Bertz CT molecular complexity index is 521. The third kappa shape index (κ3) is 3.79. The Morgan fingerprint density at radius 1 is 1.27 bits per heavy atom. The van der Waals surface area contributed by atoms with E-state index in [9.17, 15) is 9.18 Å². The van der Waals surface area contributed by atoms with Crippen molar-refractivity contribution in [3.8, 4) is 0 Å². The summed E-state index contributed by atoms with van der Waals surface area (Å²) < 4.78 is 14.0. The standard InChI is InChI=1S/C17H22ClFN2O/c18-15-5-4-6-16(19)14(15)11-21(13-7-8-13)12-17(22)20-9-2-1-3-10-20/h4-6,13H,1-3,7-12H2. The lowest BCUT2D eigenvalue weighted by molar-refractivity contribution is -0.133. The molecule has 3 rings (SSSR count). The van der Waals surface area contributed by atoms with Gasteiger partial charge in [-0.3, -0.25) is 9.69 Å². The van der Waals surface area contributed by atoms with Crippen LogP contribution in [0.3, 0.4) is 0 Å². The second-order valence-electron chi connectivity index (χ2n) is 6.28. The number of amides is 1. The van der Waals surface area contributed by atoms with E-state index < -0.39 is 0 Å². The molecule has 3 nitrogen and oxygen atoms in total. The van der Waals surface area contributed by atoms with Gasteiger partial charge in [0.2, 0.25) is 5.91 Å². The highest BCUT2D eigenvalue weighted by Gasteiger charge is 2.32. The van der Waals surface area contributed by atoms with E-state index in [1.165, 1.54) is 12.5 Å². The summed E-state index contributed by atoms with van der Waals surface area (Å²) in [7, 11) is 0. The van der Waals surface area contributed by atoms with Gasteiger partial charge in [-0.15, -0.1) is 0 Å². The first kappa shape index (κ1) is 15.8. The highest BCUT2D eigenvalue weighted by molar-refractivity contribution is 6.31. The molecule has 2 aliphatic rings. The summed E-state index contributed by atoms with van der Waals surface area (Å²) in [5.41, 5.74) is 0.502. The van der Waals surface area contributed by atoms with E-state index in [0.29, 0.717) is 29.7 Å². The molecular weight excluding hydrogens is 303 g/mol. The van der Waals surface area contributed by atoms with Crippen LogP contribution in [0, 0.1) is 5.82 Å². The molecule has 1 heterocycles. The number of piperidine rings is 1. The Labute approximate surface area is 136 Å². The zero-order valence-electron chi connectivity index (χ0n) is 12.7. The van der Waals surface area contributed by atoms with Gasteiger partial charge in [0, 0.05) is 36.3 Å². The third-order valence-electron chi connectivity index (χ3n) is 4.53. The number of nitrogens with zero attached hydrogens (tertiary/aromatic N) is 2. The number of halogens is 2. The number of carbonyl (C=O) groups is 1. The van der Waals surface area contributed by atoms with Crippen molar-refractivity contribution in [2.45, 2.75) is 44.7 Å². The highest BCUT2D eigenvalue weighted by Crippen LogP contribution is 2.30. The van der Waals surface area contributed by atoms with E-state index in [1.54, 1.807) is 12.1 Å². The van der Waals surface area contributed by atoms with Crippen molar-refractivity contribution in [3.63, 3.8) is 0 Å². The van der Waals surface area contributed by atoms with E-state index in [1.807, 2.05) is 4.90 Å². The molecule has 120 valence electrons. The van der Waals surface area contributed by atoms with E-state index in [-0.39, 0.29) is 11.7 Å². The van der Waals surface area contributed by atoms with Gasteiger partial charge in [0.1, 0.15) is 5.82 Å². The normalized spacial score (nSPS) is 18.8. The van der Waals surface area contributed by atoms with E-state index in [0.717, 1.165) is 38.8 Å². The maximum atomic E-state index is 14.0. The van der Waals surface area contributed by atoms with Crippen LogP contribution in [0.5, 0.6) is 0 Å². The molecule has 0 bridgehead atoms. The maximum absolute atomic E-state index is 14.0. The molecule has 1 aliphatic carbocycles. The van der Waals surface area contributed by atoms with Crippen LogP contribution in [0.2, 0.25) is 5.02 Å². The van der Waals surface area contributed by atoms with Crippen LogP contribution in [0.1, 0.15) is 37.7 Å². The first-order chi connectivity index (χ1) is 10.6. The molecule has 1 aromatic rings. The SMILES string of the molecule is O=C(CN(Cc1c(F)cccc1Cl)C1CC1)N1CCCCC1. The van der Waals surface area contributed by atoms with Gasteiger partial charge in [-0.25, -0.2) is 4.39 Å². The number of carbonyl (C=O) groups excluding carboxylic acids is 1. The Morgan fingerprint density at radius 3 is 2.64 bits per heavy atom. The molecule has 5 heteroatoms. The van der Waals surface area contributed by atoms with Gasteiger partial charge in [0.05, 0.1) is 6.54 Å². The molecule has 0 radical (unpaired) electrons. The van der Waals surface area contributed by atoms with Crippen molar-refractivity contribution in [2.75, 3.05) is 19.6 Å². The summed E-state index contributed by atoms with van der Waals surface area (Å²) in [5, 5.41) is 0.441. The zero-order chi connectivity index (χ0) is 15.5. The van der Waals surface area contributed by atoms with Gasteiger partial charge < -0.3 is 4.90 Å². The van der Waals surface area contributed by atoms with Crippen LogP contribution >= 0.6 is 11.6 Å². The van der Waals surface area contributed by atoms with Crippen molar-refractivity contribution < 1.29 is 9.18 Å². The average Bonchev–Trinajstić information content (AvgIpc) is 3.35. The summed E-state index contributed by atoms with van der Waals surface area (Å²) in [6.45, 7) is 2.50. The monoisotopic (exact) mass is 324 g/mol. The van der Waals surface area contributed by atoms with Crippen molar-refractivity contribution in [2.24, 2.45) is 0 Å². The molecule has 0 N–H and O–H groups in total. The first-order valence-corrected chi connectivity index (χ1v) is 8.47. The Hall–Kier alpha value is -1.13. The minimum Gasteiger partial charge on any atom is -0.342 e. The summed E-state index contributed by atoms with van der Waals surface area (Å²) in [5.74, 6) is -0.123. The quantitative estimate of drug-likeness (QED) is 0.828. The highest BCUT2D eigenvalue weighted by atomic mass is 35.5. The van der Waals surface area contributed by atoms with Gasteiger partial charge in [-0.2, -0.15) is 0 Å². The van der Waals surface area contributed by atoms with E-state index >= 15 is 0 Å². The smallest absolute Gasteiger partial charge is 0.236 e.